The zero-order valence-corrected chi connectivity index (χ0v) is 11.8. The lowest BCUT2D eigenvalue weighted by atomic mass is 9.86. The molecule has 1 fully saturated rings. The number of nitrogens with zero attached hydrogens (tertiary/aromatic N) is 1. The molecule has 20 heavy (non-hydrogen) atoms. The van der Waals surface area contributed by atoms with E-state index in [0.717, 1.165) is 42.4 Å². The summed E-state index contributed by atoms with van der Waals surface area (Å²) in [6.07, 6.45) is 4.13. The van der Waals surface area contributed by atoms with Crippen molar-refractivity contribution in [3.8, 4) is 0 Å². The molecule has 0 radical (unpaired) electrons. The molecule has 2 aromatic rings. The van der Waals surface area contributed by atoms with Crippen LogP contribution >= 0.6 is 0 Å². The summed E-state index contributed by atoms with van der Waals surface area (Å²) in [6, 6.07) is 8.01. The van der Waals surface area contributed by atoms with Gasteiger partial charge in [0.1, 0.15) is 0 Å². The maximum atomic E-state index is 11.8. The minimum absolute atomic E-state index is 0.00241. The molecule has 0 unspecified atom stereocenters. The van der Waals surface area contributed by atoms with Gasteiger partial charge in [0, 0.05) is 24.5 Å². The van der Waals surface area contributed by atoms with Crippen LogP contribution in [0.3, 0.4) is 0 Å². The highest BCUT2D eigenvalue weighted by Gasteiger charge is 2.25. The SMILES string of the molecule is CC(=O)n1cc([C@H](N)C2CCNCC2)c2ccccc21. The summed E-state index contributed by atoms with van der Waals surface area (Å²) in [7, 11) is 0. The molecule has 4 heteroatoms. The zero-order chi connectivity index (χ0) is 14.1. The zero-order valence-electron chi connectivity index (χ0n) is 11.8. The Balaban J connectivity index is 2.04. The van der Waals surface area contributed by atoms with Crippen LogP contribution < -0.4 is 11.1 Å². The van der Waals surface area contributed by atoms with Crippen LogP contribution in [0.2, 0.25) is 0 Å². The van der Waals surface area contributed by atoms with Crippen molar-refractivity contribution < 1.29 is 4.79 Å². The highest BCUT2D eigenvalue weighted by molar-refractivity contribution is 5.93. The van der Waals surface area contributed by atoms with Gasteiger partial charge < -0.3 is 11.1 Å². The van der Waals surface area contributed by atoms with Crippen LogP contribution in [-0.2, 0) is 0 Å². The first-order valence-corrected chi connectivity index (χ1v) is 7.25. The van der Waals surface area contributed by atoms with Crippen molar-refractivity contribution in [3.63, 3.8) is 0 Å². The maximum Gasteiger partial charge on any atom is 0.227 e. The number of carbonyl (C=O) groups excluding carboxylic acids is 1. The van der Waals surface area contributed by atoms with E-state index >= 15 is 0 Å². The van der Waals surface area contributed by atoms with Gasteiger partial charge in [-0.2, -0.15) is 0 Å². The molecular formula is C16H21N3O. The Morgan fingerprint density at radius 2 is 2.05 bits per heavy atom. The molecule has 1 aliphatic heterocycles. The van der Waals surface area contributed by atoms with Crippen LogP contribution in [0.4, 0.5) is 0 Å². The monoisotopic (exact) mass is 271 g/mol. The van der Waals surface area contributed by atoms with Crippen LogP contribution in [0.1, 0.15) is 36.2 Å². The molecule has 0 saturated carbocycles. The van der Waals surface area contributed by atoms with Gasteiger partial charge in [-0.3, -0.25) is 9.36 Å². The van der Waals surface area contributed by atoms with E-state index in [2.05, 4.69) is 11.4 Å². The highest BCUT2D eigenvalue weighted by atomic mass is 16.1. The van der Waals surface area contributed by atoms with Crippen molar-refractivity contribution in [2.24, 2.45) is 11.7 Å². The molecule has 1 aromatic heterocycles. The quantitative estimate of drug-likeness (QED) is 0.881. The number of carbonyl (C=O) groups is 1. The van der Waals surface area contributed by atoms with Crippen molar-refractivity contribution in [2.75, 3.05) is 13.1 Å². The Kier molecular flexibility index (Phi) is 3.59. The molecule has 3 rings (SSSR count). The Morgan fingerprint density at radius 3 is 2.75 bits per heavy atom. The number of hydrogen-bond donors (Lipinski definition) is 2. The number of hydrogen-bond acceptors (Lipinski definition) is 3. The first kappa shape index (κ1) is 13.3. The summed E-state index contributed by atoms with van der Waals surface area (Å²) in [4.78, 5) is 11.8. The molecule has 1 aromatic carbocycles. The molecule has 106 valence electrons. The van der Waals surface area contributed by atoms with Gasteiger partial charge in [-0.1, -0.05) is 18.2 Å². The fourth-order valence-electron chi connectivity index (χ4n) is 3.19. The molecule has 0 bridgehead atoms. The third-order valence-electron chi connectivity index (χ3n) is 4.33. The van der Waals surface area contributed by atoms with Gasteiger partial charge in [-0.05, 0) is 43.5 Å². The van der Waals surface area contributed by atoms with Gasteiger partial charge in [0.2, 0.25) is 5.91 Å². The summed E-state index contributed by atoms with van der Waals surface area (Å²) in [5.74, 6) is 0.521. The number of aromatic nitrogens is 1. The average molecular weight is 271 g/mol. The summed E-state index contributed by atoms with van der Waals surface area (Å²) < 4.78 is 1.71. The van der Waals surface area contributed by atoms with E-state index in [1.165, 1.54) is 0 Å². The first-order valence-electron chi connectivity index (χ1n) is 7.25. The molecule has 1 atom stereocenters. The van der Waals surface area contributed by atoms with Crippen molar-refractivity contribution in [1.29, 1.82) is 0 Å². The molecule has 0 amide bonds. The normalized spacial score (nSPS) is 18.3. The van der Waals surface area contributed by atoms with E-state index in [9.17, 15) is 4.79 Å². The van der Waals surface area contributed by atoms with Gasteiger partial charge in [-0.15, -0.1) is 0 Å². The Bertz CT molecular complexity index is 626. The second kappa shape index (κ2) is 5.38. The lowest BCUT2D eigenvalue weighted by molar-refractivity contribution is 0.0941. The van der Waals surface area contributed by atoms with E-state index in [-0.39, 0.29) is 11.9 Å². The third kappa shape index (κ3) is 2.25. The topological polar surface area (TPSA) is 60.0 Å². The predicted octanol–water partition coefficient (Wildman–Crippen LogP) is 2.30. The Labute approximate surface area is 118 Å². The van der Waals surface area contributed by atoms with Crippen LogP contribution in [0.25, 0.3) is 10.9 Å². The molecule has 0 spiro atoms. The van der Waals surface area contributed by atoms with E-state index < -0.39 is 0 Å². The van der Waals surface area contributed by atoms with E-state index in [0.29, 0.717) is 5.92 Å². The van der Waals surface area contributed by atoms with Gasteiger partial charge in [0.05, 0.1) is 5.52 Å². The Morgan fingerprint density at radius 1 is 1.35 bits per heavy atom. The molecule has 3 N–H and O–H groups in total. The lowest BCUT2D eigenvalue weighted by Crippen LogP contribution is -2.33. The number of nitrogens with two attached hydrogens (primary N) is 1. The van der Waals surface area contributed by atoms with Crippen LogP contribution in [-0.4, -0.2) is 23.6 Å². The molecule has 1 saturated heterocycles. The van der Waals surface area contributed by atoms with E-state index in [1.54, 1.807) is 11.5 Å². The largest absolute Gasteiger partial charge is 0.324 e. The van der Waals surface area contributed by atoms with Crippen LogP contribution in [0, 0.1) is 5.92 Å². The molecule has 0 aliphatic carbocycles. The van der Waals surface area contributed by atoms with Gasteiger partial charge in [0.15, 0.2) is 0 Å². The van der Waals surface area contributed by atoms with Crippen LogP contribution in [0.5, 0.6) is 0 Å². The van der Waals surface area contributed by atoms with Gasteiger partial charge >= 0.3 is 0 Å². The first-order chi connectivity index (χ1) is 9.68. The minimum Gasteiger partial charge on any atom is -0.324 e. The third-order valence-corrected chi connectivity index (χ3v) is 4.33. The van der Waals surface area contributed by atoms with Gasteiger partial charge in [-0.25, -0.2) is 0 Å². The minimum atomic E-state index is 0.00241. The van der Waals surface area contributed by atoms with Crippen molar-refractivity contribution in [2.45, 2.75) is 25.8 Å². The standard InChI is InChI=1S/C16H21N3O/c1-11(20)19-10-14(13-4-2-3-5-15(13)19)16(17)12-6-8-18-9-7-12/h2-5,10,12,16,18H,6-9,17H2,1H3/t16-/m1/s1. The van der Waals surface area contributed by atoms with E-state index in [1.807, 2.05) is 24.4 Å². The van der Waals surface area contributed by atoms with Crippen molar-refractivity contribution in [3.05, 3.63) is 36.0 Å². The number of nitrogens with one attached hydrogen (secondary N) is 1. The highest BCUT2D eigenvalue weighted by Crippen LogP contribution is 2.32. The predicted molar refractivity (Wildman–Crippen MR) is 80.8 cm³/mol. The molecule has 2 heterocycles. The fourth-order valence-corrected chi connectivity index (χ4v) is 3.19. The second-order valence-electron chi connectivity index (χ2n) is 5.60. The molecular weight excluding hydrogens is 250 g/mol. The molecule has 1 aliphatic rings. The number of piperidine rings is 1. The lowest BCUT2D eigenvalue weighted by Gasteiger charge is -2.28. The molecule has 4 nitrogen and oxygen atoms in total. The number of fused-ring (bicyclic) bond motifs is 1. The smallest absolute Gasteiger partial charge is 0.227 e. The summed E-state index contributed by atoms with van der Waals surface area (Å²) >= 11 is 0. The van der Waals surface area contributed by atoms with E-state index in [4.69, 9.17) is 5.73 Å². The van der Waals surface area contributed by atoms with Crippen molar-refractivity contribution in [1.82, 2.24) is 9.88 Å². The summed E-state index contributed by atoms with van der Waals surface area (Å²) in [6.45, 7) is 3.65. The van der Waals surface area contributed by atoms with Gasteiger partial charge in [0.25, 0.3) is 0 Å². The maximum absolute atomic E-state index is 11.8. The Hall–Kier alpha value is -1.65. The number of benzene rings is 1. The fraction of sp³-hybridized carbons (Fsp3) is 0.438. The number of para-hydroxylation sites is 1. The average Bonchev–Trinajstić information content (AvgIpc) is 2.87. The second-order valence-corrected chi connectivity index (χ2v) is 5.60. The van der Waals surface area contributed by atoms with Crippen LogP contribution in [0.15, 0.2) is 30.5 Å². The number of rotatable bonds is 2. The summed E-state index contributed by atoms with van der Waals surface area (Å²) in [5, 5.41) is 4.47. The summed E-state index contributed by atoms with van der Waals surface area (Å²) in [5.41, 5.74) is 8.55. The van der Waals surface area contributed by atoms with Crippen molar-refractivity contribution >= 4 is 16.8 Å².